The van der Waals surface area contributed by atoms with E-state index in [2.05, 4.69) is 17.1 Å². The van der Waals surface area contributed by atoms with Crippen LogP contribution < -0.4 is 10.5 Å². The van der Waals surface area contributed by atoms with Crippen LogP contribution in [0.15, 0.2) is 66.7 Å². The van der Waals surface area contributed by atoms with Crippen LogP contribution in [0.5, 0.6) is 11.6 Å². The van der Waals surface area contributed by atoms with Crippen molar-refractivity contribution in [3.8, 4) is 22.8 Å². The van der Waals surface area contributed by atoms with Gasteiger partial charge in [-0.15, -0.1) is 0 Å². The van der Waals surface area contributed by atoms with Crippen molar-refractivity contribution in [2.75, 3.05) is 5.73 Å². The highest BCUT2D eigenvalue weighted by Crippen LogP contribution is 2.32. The summed E-state index contributed by atoms with van der Waals surface area (Å²) >= 11 is 0. The maximum atomic E-state index is 5.93. The fourth-order valence-corrected chi connectivity index (χ4v) is 2.13. The Kier molecular flexibility index (Phi) is 3.56. The van der Waals surface area contributed by atoms with Gasteiger partial charge in [0.05, 0.1) is 11.4 Å². The van der Waals surface area contributed by atoms with Crippen molar-refractivity contribution >= 4 is 5.69 Å². The third kappa shape index (κ3) is 2.87. The zero-order valence-corrected chi connectivity index (χ0v) is 11.8. The molecule has 3 aromatic rings. The van der Waals surface area contributed by atoms with E-state index in [4.69, 9.17) is 10.5 Å². The summed E-state index contributed by atoms with van der Waals surface area (Å²) in [5.74, 6) is 1.32. The lowest BCUT2D eigenvalue weighted by molar-refractivity contribution is 0.463. The third-order valence-electron chi connectivity index (χ3n) is 3.29. The number of para-hydroxylation sites is 1. The molecule has 3 heteroatoms. The molecule has 0 radical (unpaired) electrons. The van der Waals surface area contributed by atoms with Crippen LogP contribution in [0, 0.1) is 6.92 Å². The molecule has 0 fully saturated rings. The molecule has 0 bridgehead atoms. The molecule has 104 valence electrons. The fraction of sp³-hybridized carbons (Fsp3) is 0.0556. The van der Waals surface area contributed by atoms with Crippen molar-refractivity contribution in [1.29, 1.82) is 0 Å². The van der Waals surface area contributed by atoms with E-state index in [-0.39, 0.29) is 0 Å². The predicted molar refractivity (Wildman–Crippen MR) is 85.3 cm³/mol. The zero-order chi connectivity index (χ0) is 14.7. The quantitative estimate of drug-likeness (QED) is 0.769. The van der Waals surface area contributed by atoms with Crippen LogP contribution >= 0.6 is 0 Å². The highest BCUT2D eigenvalue weighted by atomic mass is 16.5. The molecule has 1 aromatic heterocycles. The van der Waals surface area contributed by atoms with Crippen LogP contribution in [0.2, 0.25) is 0 Å². The molecule has 0 unspecified atom stereocenters. The summed E-state index contributed by atoms with van der Waals surface area (Å²) in [6.45, 7) is 1.87. The summed E-state index contributed by atoms with van der Waals surface area (Å²) in [5, 5.41) is 0. The standard InChI is InChI=1S/C18H16N2O/c1-13-16(19)11-12-18(20-13)21-17-10-6-5-9-15(17)14-7-3-2-4-8-14/h2-12H,19H2,1H3. The molecular formula is C18H16N2O. The first-order chi connectivity index (χ1) is 10.2. The van der Waals surface area contributed by atoms with E-state index >= 15 is 0 Å². The van der Waals surface area contributed by atoms with Gasteiger partial charge >= 0.3 is 0 Å². The second-order valence-corrected chi connectivity index (χ2v) is 4.79. The molecule has 0 spiro atoms. The van der Waals surface area contributed by atoms with Gasteiger partial charge in [0.15, 0.2) is 0 Å². The average molecular weight is 276 g/mol. The van der Waals surface area contributed by atoms with Crippen molar-refractivity contribution in [2.24, 2.45) is 0 Å². The first-order valence-electron chi connectivity index (χ1n) is 6.79. The Labute approximate surface area is 124 Å². The monoisotopic (exact) mass is 276 g/mol. The van der Waals surface area contributed by atoms with E-state index in [1.165, 1.54) is 0 Å². The Balaban J connectivity index is 1.98. The Morgan fingerprint density at radius 2 is 1.57 bits per heavy atom. The Hall–Kier alpha value is -2.81. The van der Waals surface area contributed by atoms with Gasteiger partial charge in [-0.3, -0.25) is 0 Å². The van der Waals surface area contributed by atoms with Gasteiger partial charge in [0, 0.05) is 11.6 Å². The third-order valence-corrected chi connectivity index (χ3v) is 3.29. The number of benzene rings is 2. The maximum absolute atomic E-state index is 5.93. The number of hydrogen-bond acceptors (Lipinski definition) is 3. The topological polar surface area (TPSA) is 48.1 Å². The lowest BCUT2D eigenvalue weighted by Crippen LogP contribution is -1.96. The summed E-state index contributed by atoms with van der Waals surface area (Å²) < 4.78 is 5.93. The van der Waals surface area contributed by atoms with Crippen molar-refractivity contribution in [3.05, 3.63) is 72.4 Å². The second-order valence-electron chi connectivity index (χ2n) is 4.79. The molecule has 0 amide bonds. The smallest absolute Gasteiger partial charge is 0.219 e. The number of hydrogen-bond donors (Lipinski definition) is 1. The minimum Gasteiger partial charge on any atom is -0.438 e. The lowest BCUT2D eigenvalue weighted by atomic mass is 10.1. The van der Waals surface area contributed by atoms with Crippen LogP contribution in [0.1, 0.15) is 5.69 Å². The maximum Gasteiger partial charge on any atom is 0.219 e. The molecule has 0 aliphatic rings. The minimum absolute atomic E-state index is 0.546. The molecule has 0 saturated heterocycles. The van der Waals surface area contributed by atoms with Gasteiger partial charge in [-0.2, -0.15) is 0 Å². The SMILES string of the molecule is Cc1nc(Oc2ccccc2-c2ccccc2)ccc1N. The van der Waals surface area contributed by atoms with Gasteiger partial charge in [0.2, 0.25) is 5.88 Å². The molecule has 0 aliphatic carbocycles. The van der Waals surface area contributed by atoms with Gasteiger partial charge in [0.25, 0.3) is 0 Å². The highest BCUT2D eigenvalue weighted by molar-refractivity contribution is 5.70. The van der Waals surface area contributed by atoms with Crippen molar-refractivity contribution in [1.82, 2.24) is 4.98 Å². The van der Waals surface area contributed by atoms with Gasteiger partial charge in [0.1, 0.15) is 5.75 Å². The summed E-state index contributed by atoms with van der Waals surface area (Å²) in [4.78, 5) is 4.36. The molecule has 21 heavy (non-hydrogen) atoms. The number of anilines is 1. The van der Waals surface area contributed by atoms with E-state index < -0.39 is 0 Å². The molecule has 2 aromatic carbocycles. The Bertz CT molecular complexity index is 754. The number of nitrogens with zero attached hydrogens (tertiary/aromatic N) is 1. The first kappa shape index (κ1) is 13.2. The van der Waals surface area contributed by atoms with Crippen molar-refractivity contribution in [2.45, 2.75) is 6.92 Å². The lowest BCUT2D eigenvalue weighted by Gasteiger charge is -2.11. The number of aromatic nitrogens is 1. The van der Waals surface area contributed by atoms with E-state index in [1.807, 2.05) is 55.5 Å². The van der Waals surface area contributed by atoms with Crippen LogP contribution in [-0.4, -0.2) is 4.98 Å². The fourth-order valence-electron chi connectivity index (χ4n) is 2.13. The molecule has 1 heterocycles. The number of ether oxygens (including phenoxy) is 1. The van der Waals surface area contributed by atoms with Gasteiger partial charge in [-0.05, 0) is 24.6 Å². The minimum atomic E-state index is 0.546. The van der Waals surface area contributed by atoms with Crippen LogP contribution in [0.25, 0.3) is 11.1 Å². The summed E-state index contributed by atoms with van der Waals surface area (Å²) in [5.41, 5.74) is 9.37. The van der Waals surface area contributed by atoms with Gasteiger partial charge in [-0.25, -0.2) is 4.98 Å². The first-order valence-corrected chi connectivity index (χ1v) is 6.79. The van der Waals surface area contributed by atoms with E-state index in [1.54, 1.807) is 6.07 Å². The zero-order valence-electron chi connectivity index (χ0n) is 11.8. The van der Waals surface area contributed by atoms with Crippen molar-refractivity contribution in [3.63, 3.8) is 0 Å². The summed E-state index contributed by atoms with van der Waals surface area (Å²) in [7, 11) is 0. The van der Waals surface area contributed by atoms with Gasteiger partial charge in [-0.1, -0.05) is 48.5 Å². The highest BCUT2D eigenvalue weighted by Gasteiger charge is 2.07. The second kappa shape index (κ2) is 5.67. The Morgan fingerprint density at radius 1 is 0.857 bits per heavy atom. The number of nitrogen functional groups attached to an aromatic ring is 1. The number of aryl methyl sites for hydroxylation is 1. The van der Waals surface area contributed by atoms with E-state index in [0.717, 1.165) is 22.6 Å². The molecule has 0 aliphatic heterocycles. The van der Waals surface area contributed by atoms with Crippen LogP contribution in [-0.2, 0) is 0 Å². The predicted octanol–water partition coefficient (Wildman–Crippen LogP) is 4.43. The molecular weight excluding hydrogens is 260 g/mol. The molecule has 0 saturated carbocycles. The molecule has 0 atom stereocenters. The number of rotatable bonds is 3. The summed E-state index contributed by atoms with van der Waals surface area (Å²) in [6.07, 6.45) is 0. The van der Waals surface area contributed by atoms with Gasteiger partial charge < -0.3 is 10.5 Å². The molecule has 3 nitrogen and oxygen atoms in total. The Morgan fingerprint density at radius 3 is 2.33 bits per heavy atom. The van der Waals surface area contributed by atoms with Crippen LogP contribution in [0.4, 0.5) is 5.69 Å². The van der Waals surface area contributed by atoms with E-state index in [0.29, 0.717) is 11.6 Å². The normalized spacial score (nSPS) is 10.3. The largest absolute Gasteiger partial charge is 0.438 e. The molecule has 3 rings (SSSR count). The van der Waals surface area contributed by atoms with E-state index in [9.17, 15) is 0 Å². The number of pyridine rings is 1. The van der Waals surface area contributed by atoms with Crippen molar-refractivity contribution < 1.29 is 4.74 Å². The average Bonchev–Trinajstić information content (AvgIpc) is 2.52. The molecule has 2 N–H and O–H groups in total. The number of nitrogens with two attached hydrogens (primary N) is 1. The van der Waals surface area contributed by atoms with Crippen LogP contribution in [0.3, 0.4) is 0 Å². The summed E-state index contributed by atoms with van der Waals surface area (Å²) in [6, 6.07) is 21.7.